The van der Waals surface area contributed by atoms with Crippen LogP contribution in [0.3, 0.4) is 0 Å². The van der Waals surface area contributed by atoms with Gasteiger partial charge in [-0.15, -0.1) is 0 Å². The van der Waals surface area contributed by atoms with Crippen LogP contribution in [-0.4, -0.2) is 18.2 Å². The minimum absolute atomic E-state index is 0.00100. The first-order chi connectivity index (χ1) is 15.5. The molecule has 0 saturated carbocycles. The van der Waals surface area contributed by atoms with E-state index in [4.69, 9.17) is 19.6 Å². The molecule has 8 nitrogen and oxygen atoms in total. The van der Waals surface area contributed by atoms with Gasteiger partial charge in [0, 0.05) is 23.3 Å². The number of non-ortho nitro benzene ring substituents is 1. The Morgan fingerprint density at radius 2 is 1.97 bits per heavy atom. The predicted molar refractivity (Wildman–Crippen MR) is 122 cm³/mol. The number of nitro benzene ring substituents is 1. The molecule has 0 atom stereocenters. The summed E-state index contributed by atoms with van der Waals surface area (Å²) in [5.41, 5.74) is 2.64. The fraction of sp³-hybridized carbons (Fsp3) is 0.130. The van der Waals surface area contributed by atoms with Gasteiger partial charge in [-0.3, -0.25) is 10.1 Å². The van der Waals surface area contributed by atoms with Gasteiger partial charge < -0.3 is 14.3 Å². The molecule has 0 unspecified atom stereocenters. The van der Waals surface area contributed by atoms with Crippen LogP contribution in [0.15, 0.2) is 70.3 Å². The molecular formula is C23H18BrN3O5. The molecule has 0 aliphatic rings. The number of benzene rings is 3. The second-order valence-corrected chi connectivity index (χ2v) is 7.38. The summed E-state index contributed by atoms with van der Waals surface area (Å²) in [5.74, 6) is 0.918. The van der Waals surface area contributed by atoms with E-state index in [0.717, 1.165) is 5.56 Å². The minimum Gasteiger partial charge on any atom is -0.493 e. The van der Waals surface area contributed by atoms with Crippen molar-refractivity contribution < 1.29 is 19.2 Å². The van der Waals surface area contributed by atoms with Crippen LogP contribution in [0.1, 0.15) is 22.3 Å². The molecule has 0 amide bonds. The first-order valence-electron chi connectivity index (χ1n) is 9.39. The van der Waals surface area contributed by atoms with Crippen LogP contribution < -0.4 is 9.47 Å². The molecule has 3 aromatic rings. The smallest absolute Gasteiger partial charge is 0.269 e. The summed E-state index contributed by atoms with van der Waals surface area (Å²) in [6.45, 7) is 0.300. The van der Waals surface area contributed by atoms with E-state index >= 15 is 0 Å². The number of hydrogen-bond acceptors (Lipinski definition) is 7. The first kappa shape index (κ1) is 22.8. The quantitative estimate of drug-likeness (QED) is 0.224. The van der Waals surface area contributed by atoms with Crippen molar-refractivity contribution in [1.82, 2.24) is 0 Å². The Balaban J connectivity index is 1.68. The highest BCUT2D eigenvalue weighted by atomic mass is 79.9. The zero-order chi connectivity index (χ0) is 22.9. The minimum atomic E-state index is -0.449. The lowest BCUT2D eigenvalue weighted by molar-refractivity contribution is -0.384. The molecule has 162 valence electrons. The lowest BCUT2D eigenvalue weighted by Gasteiger charge is -2.13. The van der Waals surface area contributed by atoms with Gasteiger partial charge in [-0.1, -0.05) is 35.5 Å². The average Bonchev–Trinajstić information content (AvgIpc) is 2.81. The van der Waals surface area contributed by atoms with Crippen LogP contribution in [-0.2, 0) is 18.1 Å². The highest BCUT2D eigenvalue weighted by Crippen LogP contribution is 2.37. The van der Waals surface area contributed by atoms with Crippen molar-refractivity contribution in [1.29, 1.82) is 5.26 Å². The highest BCUT2D eigenvalue weighted by Gasteiger charge is 2.13. The summed E-state index contributed by atoms with van der Waals surface area (Å²) < 4.78 is 11.9. The topological polar surface area (TPSA) is 107 Å². The van der Waals surface area contributed by atoms with E-state index in [1.54, 1.807) is 42.5 Å². The van der Waals surface area contributed by atoms with E-state index < -0.39 is 4.92 Å². The first-order valence-corrected chi connectivity index (χ1v) is 10.2. The monoisotopic (exact) mass is 495 g/mol. The molecule has 0 N–H and O–H groups in total. The maximum Gasteiger partial charge on any atom is 0.269 e. The van der Waals surface area contributed by atoms with Crippen molar-refractivity contribution in [3.05, 3.63) is 97.5 Å². The summed E-state index contributed by atoms with van der Waals surface area (Å²) in [5, 5.41) is 24.0. The normalized spacial score (nSPS) is 10.5. The second kappa shape index (κ2) is 10.9. The van der Waals surface area contributed by atoms with Crippen LogP contribution in [0.25, 0.3) is 0 Å². The maximum atomic E-state index is 10.9. The van der Waals surface area contributed by atoms with Gasteiger partial charge >= 0.3 is 0 Å². The van der Waals surface area contributed by atoms with Gasteiger partial charge in [-0.2, -0.15) is 5.26 Å². The van der Waals surface area contributed by atoms with Gasteiger partial charge in [0.1, 0.15) is 13.2 Å². The molecule has 32 heavy (non-hydrogen) atoms. The van der Waals surface area contributed by atoms with Crippen LogP contribution in [0.5, 0.6) is 11.5 Å². The van der Waals surface area contributed by atoms with Gasteiger partial charge in [0.25, 0.3) is 5.69 Å². The number of hydrogen-bond donors (Lipinski definition) is 0. The maximum absolute atomic E-state index is 10.9. The Labute approximate surface area is 192 Å². The number of nitro groups is 1. The molecule has 0 heterocycles. The van der Waals surface area contributed by atoms with Crippen molar-refractivity contribution in [3.63, 3.8) is 0 Å². The van der Waals surface area contributed by atoms with E-state index in [0.29, 0.717) is 32.7 Å². The Kier molecular flexibility index (Phi) is 7.78. The number of nitrogens with zero attached hydrogens (tertiary/aromatic N) is 3. The number of halogens is 1. The molecule has 9 heteroatoms. The van der Waals surface area contributed by atoms with Crippen LogP contribution >= 0.6 is 15.9 Å². The van der Waals surface area contributed by atoms with Crippen LogP contribution in [0, 0.1) is 21.4 Å². The zero-order valence-corrected chi connectivity index (χ0v) is 18.6. The SMILES string of the molecule is COc1cc(/C=N\OCc2ccccc2C#N)cc(Br)c1OCc1cccc([N+](=O)[O-])c1. The third-order valence-electron chi connectivity index (χ3n) is 4.39. The molecule has 0 spiro atoms. The van der Waals surface area contributed by atoms with Gasteiger partial charge in [0.05, 0.1) is 34.4 Å². The summed E-state index contributed by atoms with van der Waals surface area (Å²) in [6.07, 6.45) is 1.52. The zero-order valence-electron chi connectivity index (χ0n) is 17.0. The average molecular weight is 496 g/mol. The van der Waals surface area contributed by atoms with Crippen LogP contribution in [0.2, 0.25) is 0 Å². The number of methoxy groups -OCH3 is 1. The van der Waals surface area contributed by atoms with E-state index in [1.807, 2.05) is 6.07 Å². The van der Waals surface area contributed by atoms with Crippen molar-refractivity contribution in [2.75, 3.05) is 7.11 Å². The predicted octanol–water partition coefficient (Wildman–Crippen LogP) is 5.37. The summed E-state index contributed by atoms with van der Waals surface area (Å²) in [4.78, 5) is 15.8. The Bertz CT molecular complexity index is 1190. The summed E-state index contributed by atoms with van der Waals surface area (Å²) in [7, 11) is 1.51. The van der Waals surface area contributed by atoms with Crippen molar-refractivity contribution in [2.45, 2.75) is 13.2 Å². The van der Waals surface area contributed by atoms with Gasteiger partial charge in [0.2, 0.25) is 0 Å². The lowest BCUT2D eigenvalue weighted by atomic mass is 10.1. The van der Waals surface area contributed by atoms with E-state index in [1.165, 1.54) is 25.5 Å². The lowest BCUT2D eigenvalue weighted by Crippen LogP contribution is -2.00. The molecule has 0 aromatic heterocycles. The number of ether oxygens (including phenoxy) is 2. The summed E-state index contributed by atoms with van der Waals surface area (Å²) in [6, 6.07) is 19.0. The number of oxime groups is 1. The molecule has 3 aromatic carbocycles. The molecule has 0 fully saturated rings. The van der Waals surface area contributed by atoms with Crippen LogP contribution in [0.4, 0.5) is 5.69 Å². The Morgan fingerprint density at radius 1 is 1.16 bits per heavy atom. The Morgan fingerprint density at radius 3 is 2.72 bits per heavy atom. The van der Waals surface area contributed by atoms with Gasteiger partial charge in [-0.25, -0.2) is 0 Å². The molecule has 0 aliphatic heterocycles. The number of nitriles is 1. The van der Waals surface area contributed by atoms with E-state index in [9.17, 15) is 10.1 Å². The van der Waals surface area contributed by atoms with Crippen molar-refractivity contribution in [3.8, 4) is 17.6 Å². The summed E-state index contributed by atoms with van der Waals surface area (Å²) >= 11 is 3.46. The van der Waals surface area contributed by atoms with Gasteiger partial charge in [-0.05, 0) is 39.7 Å². The highest BCUT2D eigenvalue weighted by molar-refractivity contribution is 9.10. The fourth-order valence-corrected chi connectivity index (χ4v) is 3.40. The largest absolute Gasteiger partial charge is 0.493 e. The van der Waals surface area contributed by atoms with E-state index in [-0.39, 0.29) is 18.9 Å². The third-order valence-corrected chi connectivity index (χ3v) is 4.98. The molecule has 0 saturated heterocycles. The van der Waals surface area contributed by atoms with Crippen molar-refractivity contribution in [2.24, 2.45) is 5.16 Å². The fourth-order valence-electron chi connectivity index (χ4n) is 2.83. The Hall–Kier alpha value is -3.90. The third kappa shape index (κ3) is 5.83. The van der Waals surface area contributed by atoms with Crippen molar-refractivity contribution >= 4 is 27.8 Å². The molecule has 0 aliphatic carbocycles. The molecule has 0 radical (unpaired) electrons. The second-order valence-electron chi connectivity index (χ2n) is 6.53. The standard InChI is InChI=1S/C23H18BrN3O5/c1-30-22-11-17(13-26-32-15-19-7-3-2-6-18(19)12-25)10-21(24)23(22)31-14-16-5-4-8-20(9-16)27(28)29/h2-11,13H,14-15H2,1H3/b26-13-. The van der Waals surface area contributed by atoms with E-state index in [2.05, 4.69) is 27.2 Å². The molecule has 0 bridgehead atoms. The number of rotatable bonds is 9. The molecular weight excluding hydrogens is 478 g/mol. The van der Waals surface area contributed by atoms with Gasteiger partial charge in [0.15, 0.2) is 11.5 Å². The molecule has 3 rings (SSSR count).